The standard InChI is InChI=1S/C17H19NS2/c1-11-4-5-13(8-12(11)2)9-14(18-3)16-10-17-15(20-16)6-7-19-17/h4-8,10,14,18H,9H2,1-3H3. The van der Waals surface area contributed by atoms with Crippen molar-refractivity contribution in [1.82, 2.24) is 5.32 Å². The van der Waals surface area contributed by atoms with Crippen LogP contribution in [0, 0.1) is 13.8 Å². The van der Waals surface area contributed by atoms with Gasteiger partial charge in [-0.05, 0) is 61.5 Å². The molecule has 1 atom stereocenters. The Kier molecular flexibility index (Phi) is 3.92. The molecule has 2 aromatic heterocycles. The number of hydrogen-bond acceptors (Lipinski definition) is 3. The summed E-state index contributed by atoms with van der Waals surface area (Å²) in [5.41, 5.74) is 4.15. The largest absolute Gasteiger partial charge is 0.312 e. The summed E-state index contributed by atoms with van der Waals surface area (Å²) in [7, 11) is 2.06. The second kappa shape index (κ2) is 5.68. The van der Waals surface area contributed by atoms with Crippen LogP contribution in [0.1, 0.15) is 27.6 Å². The Morgan fingerprint density at radius 1 is 1.05 bits per heavy atom. The zero-order chi connectivity index (χ0) is 14.1. The minimum absolute atomic E-state index is 0.404. The molecule has 0 aliphatic rings. The van der Waals surface area contributed by atoms with Crippen molar-refractivity contribution in [3.8, 4) is 0 Å². The Balaban J connectivity index is 1.86. The van der Waals surface area contributed by atoms with Gasteiger partial charge in [0.05, 0.1) is 0 Å². The SMILES string of the molecule is CNC(Cc1ccc(C)c(C)c1)c1cc2sccc2s1. The molecule has 104 valence electrons. The third-order valence-corrected chi connectivity index (χ3v) is 6.07. The van der Waals surface area contributed by atoms with Crippen molar-refractivity contribution in [2.45, 2.75) is 26.3 Å². The molecule has 3 aromatic rings. The van der Waals surface area contributed by atoms with Crippen molar-refractivity contribution < 1.29 is 0 Å². The van der Waals surface area contributed by atoms with Gasteiger partial charge in [0, 0.05) is 20.3 Å². The zero-order valence-electron chi connectivity index (χ0n) is 12.1. The van der Waals surface area contributed by atoms with E-state index in [0.717, 1.165) is 6.42 Å². The number of nitrogens with one attached hydrogen (secondary N) is 1. The third kappa shape index (κ3) is 2.66. The van der Waals surface area contributed by atoms with Crippen molar-refractivity contribution in [3.05, 3.63) is 57.3 Å². The van der Waals surface area contributed by atoms with Gasteiger partial charge < -0.3 is 5.32 Å². The molecule has 2 heterocycles. The summed E-state index contributed by atoms with van der Waals surface area (Å²) in [6.07, 6.45) is 1.05. The van der Waals surface area contributed by atoms with Gasteiger partial charge in [-0.15, -0.1) is 22.7 Å². The predicted octanol–water partition coefficient (Wildman–Crippen LogP) is 5.08. The van der Waals surface area contributed by atoms with Crippen LogP contribution in [0.25, 0.3) is 9.40 Å². The highest BCUT2D eigenvalue weighted by Gasteiger charge is 2.14. The van der Waals surface area contributed by atoms with Gasteiger partial charge in [-0.1, -0.05) is 18.2 Å². The first-order valence-electron chi connectivity index (χ1n) is 6.87. The van der Waals surface area contributed by atoms with Gasteiger partial charge in [0.15, 0.2) is 0 Å². The maximum Gasteiger partial charge on any atom is 0.0454 e. The van der Waals surface area contributed by atoms with Crippen LogP contribution < -0.4 is 5.32 Å². The maximum atomic E-state index is 3.47. The van der Waals surface area contributed by atoms with E-state index in [1.807, 2.05) is 22.7 Å². The molecular formula is C17H19NS2. The second-order valence-corrected chi connectivity index (χ2v) is 7.32. The molecule has 3 heteroatoms. The van der Waals surface area contributed by atoms with Crippen molar-refractivity contribution in [2.24, 2.45) is 0 Å². The number of thiophene rings is 2. The molecule has 3 rings (SSSR count). The van der Waals surface area contributed by atoms with Crippen LogP contribution >= 0.6 is 22.7 Å². The molecule has 1 aromatic carbocycles. The minimum atomic E-state index is 0.404. The van der Waals surface area contributed by atoms with Crippen molar-refractivity contribution in [3.63, 3.8) is 0 Å². The molecule has 0 fully saturated rings. The maximum absolute atomic E-state index is 3.47. The first kappa shape index (κ1) is 13.8. The van der Waals surface area contributed by atoms with Gasteiger partial charge in [0.25, 0.3) is 0 Å². The smallest absolute Gasteiger partial charge is 0.0454 e. The van der Waals surface area contributed by atoms with Crippen LogP contribution in [-0.2, 0) is 6.42 Å². The van der Waals surface area contributed by atoms with E-state index in [0.29, 0.717) is 6.04 Å². The van der Waals surface area contributed by atoms with Crippen molar-refractivity contribution in [1.29, 1.82) is 0 Å². The van der Waals surface area contributed by atoms with E-state index in [2.05, 4.69) is 61.9 Å². The van der Waals surface area contributed by atoms with E-state index in [9.17, 15) is 0 Å². The summed E-state index contributed by atoms with van der Waals surface area (Å²) in [5.74, 6) is 0. The molecule has 0 radical (unpaired) electrons. The van der Waals surface area contributed by atoms with Crippen LogP contribution in [0.2, 0.25) is 0 Å². The topological polar surface area (TPSA) is 12.0 Å². The Morgan fingerprint density at radius 2 is 1.90 bits per heavy atom. The fourth-order valence-corrected chi connectivity index (χ4v) is 4.70. The fourth-order valence-electron chi connectivity index (χ4n) is 2.47. The second-order valence-electron chi connectivity index (χ2n) is 5.26. The average Bonchev–Trinajstić information content (AvgIpc) is 3.01. The van der Waals surface area contributed by atoms with Gasteiger partial charge in [-0.3, -0.25) is 0 Å². The van der Waals surface area contributed by atoms with Crippen LogP contribution in [0.4, 0.5) is 0 Å². The van der Waals surface area contributed by atoms with E-state index in [1.54, 1.807) is 0 Å². The van der Waals surface area contributed by atoms with Crippen LogP contribution in [0.15, 0.2) is 35.7 Å². The van der Waals surface area contributed by atoms with E-state index < -0.39 is 0 Å². The molecular weight excluding hydrogens is 282 g/mol. The first-order valence-corrected chi connectivity index (χ1v) is 8.57. The molecule has 0 bridgehead atoms. The summed E-state index contributed by atoms with van der Waals surface area (Å²) in [6, 6.07) is 11.8. The zero-order valence-corrected chi connectivity index (χ0v) is 13.7. The molecule has 20 heavy (non-hydrogen) atoms. The summed E-state index contributed by atoms with van der Waals surface area (Å²) in [5, 5.41) is 5.64. The van der Waals surface area contributed by atoms with Gasteiger partial charge in [-0.25, -0.2) is 0 Å². The van der Waals surface area contributed by atoms with Gasteiger partial charge in [-0.2, -0.15) is 0 Å². The fraction of sp³-hybridized carbons (Fsp3) is 0.294. The molecule has 0 spiro atoms. The summed E-state index contributed by atoms with van der Waals surface area (Å²) in [6.45, 7) is 4.36. The number of aryl methyl sites for hydroxylation is 2. The van der Waals surface area contributed by atoms with Crippen molar-refractivity contribution in [2.75, 3.05) is 7.05 Å². The first-order chi connectivity index (χ1) is 9.67. The summed E-state index contributed by atoms with van der Waals surface area (Å²) in [4.78, 5) is 1.44. The van der Waals surface area contributed by atoms with Gasteiger partial charge in [0.1, 0.15) is 0 Å². The van der Waals surface area contributed by atoms with Crippen LogP contribution in [0.5, 0.6) is 0 Å². The Hall–Kier alpha value is -1.16. The molecule has 1 N–H and O–H groups in total. The third-order valence-electron chi connectivity index (χ3n) is 3.86. The summed E-state index contributed by atoms with van der Waals surface area (Å²) >= 11 is 3.74. The highest BCUT2D eigenvalue weighted by Crippen LogP contribution is 2.34. The van der Waals surface area contributed by atoms with E-state index in [1.165, 1.54) is 31.0 Å². The molecule has 0 aliphatic heterocycles. The highest BCUT2D eigenvalue weighted by atomic mass is 32.1. The lowest BCUT2D eigenvalue weighted by Gasteiger charge is -2.15. The van der Waals surface area contributed by atoms with Crippen LogP contribution in [0.3, 0.4) is 0 Å². The number of hydrogen-bond donors (Lipinski definition) is 1. The molecule has 0 saturated carbocycles. The Labute approximate surface area is 128 Å². The predicted molar refractivity (Wildman–Crippen MR) is 91.1 cm³/mol. The quantitative estimate of drug-likeness (QED) is 0.708. The van der Waals surface area contributed by atoms with E-state index in [4.69, 9.17) is 0 Å². The summed E-state index contributed by atoms with van der Waals surface area (Å²) < 4.78 is 2.82. The minimum Gasteiger partial charge on any atom is -0.312 e. The normalized spacial score (nSPS) is 12.9. The number of fused-ring (bicyclic) bond motifs is 1. The molecule has 0 aliphatic carbocycles. The Morgan fingerprint density at radius 3 is 2.60 bits per heavy atom. The monoisotopic (exact) mass is 301 g/mol. The molecule has 0 saturated heterocycles. The molecule has 0 amide bonds. The molecule has 1 unspecified atom stereocenters. The lowest BCUT2D eigenvalue weighted by Crippen LogP contribution is -2.17. The average molecular weight is 301 g/mol. The van der Waals surface area contributed by atoms with E-state index in [-0.39, 0.29) is 0 Å². The number of likely N-dealkylation sites (N-methyl/N-ethyl adjacent to an activating group) is 1. The van der Waals surface area contributed by atoms with Gasteiger partial charge >= 0.3 is 0 Å². The lowest BCUT2D eigenvalue weighted by atomic mass is 10.0. The molecule has 1 nitrogen and oxygen atoms in total. The van der Waals surface area contributed by atoms with Crippen LogP contribution in [-0.4, -0.2) is 7.05 Å². The lowest BCUT2D eigenvalue weighted by molar-refractivity contribution is 0.602. The highest BCUT2D eigenvalue weighted by molar-refractivity contribution is 7.26. The van der Waals surface area contributed by atoms with E-state index >= 15 is 0 Å². The Bertz CT molecular complexity index is 695. The van der Waals surface area contributed by atoms with Gasteiger partial charge in [0.2, 0.25) is 0 Å². The number of benzene rings is 1. The van der Waals surface area contributed by atoms with Crippen molar-refractivity contribution >= 4 is 32.1 Å². The number of rotatable bonds is 4.